The van der Waals surface area contributed by atoms with Crippen molar-refractivity contribution in [1.29, 1.82) is 0 Å². The summed E-state index contributed by atoms with van der Waals surface area (Å²) in [5.74, 6) is -5.98. The highest BCUT2D eigenvalue weighted by atomic mass is 16.6. The van der Waals surface area contributed by atoms with Gasteiger partial charge in [0.25, 0.3) is 0 Å². The van der Waals surface area contributed by atoms with Gasteiger partial charge >= 0.3 is 23.9 Å². The number of benzene rings is 2. The molecule has 0 unspecified atom stereocenters. The van der Waals surface area contributed by atoms with Crippen LogP contribution in [0.4, 0.5) is 5.69 Å². The average Bonchev–Trinajstić information content (AvgIpc) is 2.75. The summed E-state index contributed by atoms with van der Waals surface area (Å²) in [6.07, 6.45) is -4.64. The molecule has 0 saturated heterocycles. The molecule has 0 spiro atoms. The molecule has 0 radical (unpaired) electrons. The molecule has 0 aliphatic rings. The molecule has 160 valence electrons. The third-order valence-electron chi connectivity index (χ3n) is 4.05. The molecule has 0 bridgehead atoms. The summed E-state index contributed by atoms with van der Waals surface area (Å²) in [5.41, 5.74) is 1.28. The summed E-state index contributed by atoms with van der Waals surface area (Å²) in [4.78, 5) is 58.1. The molecule has 0 aromatic heterocycles. The highest BCUT2D eigenvalue weighted by Gasteiger charge is 2.41. The Morgan fingerprint density at radius 2 is 1.13 bits per heavy atom. The van der Waals surface area contributed by atoms with Crippen LogP contribution in [-0.2, 0) is 19.1 Å². The normalized spacial score (nSPS) is 12.2. The first-order chi connectivity index (χ1) is 14.6. The third kappa shape index (κ3) is 5.82. The fourth-order valence-corrected chi connectivity index (χ4v) is 2.40. The van der Waals surface area contributed by atoms with E-state index >= 15 is 0 Å². The van der Waals surface area contributed by atoms with Crippen LogP contribution in [0.3, 0.4) is 0 Å². The van der Waals surface area contributed by atoms with Crippen LogP contribution < -0.4 is 0 Å². The summed E-state index contributed by atoms with van der Waals surface area (Å²) in [7, 11) is 0. The van der Waals surface area contributed by atoms with Crippen molar-refractivity contribution in [2.45, 2.75) is 19.1 Å². The zero-order valence-corrected chi connectivity index (χ0v) is 16.2. The molecular weight excluding hydrogens is 410 g/mol. The number of carbonyl (C=O) groups is 4. The molecule has 2 aromatic rings. The number of esters is 2. The Bertz CT molecular complexity index is 1030. The van der Waals surface area contributed by atoms with Gasteiger partial charge in [-0.15, -0.1) is 4.91 Å². The number of aliphatic carboxylic acids is 2. The second-order valence-electron chi connectivity index (χ2n) is 6.32. The van der Waals surface area contributed by atoms with Crippen molar-refractivity contribution in [3.05, 3.63) is 76.7 Å². The molecule has 2 N–H and O–H groups in total. The van der Waals surface area contributed by atoms with Gasteiger partial charge in [-0.25, -0.2) is 19.2 Å². The van der Waals surface area contributed by atoms with Gasteiger partial charge in [0.15, 0.2) is 0 Å². The van der Waals surface area contributed by atoms with Gasteiger partial charge in [-0.3, -0.25) is 0 Å². The lowest BCUT2D eigenvalue weighted by molar-refractivity contribution is -0.166. The topological polar surface area (TPSA) is 157 Å². The van der Waals surface area contributed by atoms with Gasteiger partial charge < -0.3 is 19.7 Å². The molecule has 10 heteroatoms. The van der Waals surface area contributed by atoms with Crippen molar-refractivity contribution in [1.82, 2.24) is 0 Å². The first-order valence-corrected chi connectivity index (χ1v) is 8.71. The van der Waals surface area contributed by atoms with E-state index in [4.69, 9.17) is 9.47 Å². The number of nitroso groups, excluding NO2 is 1. The van der Waals surface area contributed by atoms with Crippen LogP contribution in [-0.4, -0.2) is 46.3 Å². The number of rotatable bonds is 9. The maximum atomic E-state index is 12.3. The predicted octanol–water partition coefficient (Wildman–Crippen LogP) is 3.04. The number of carboxylic acids is 2. The molecule has 0 fully saturated rings. The van der Waals surface area contributed by atoms with Crippen LogP contribution in [0.25, 0.3) is 5.57 Å². The maximum Gasteiger partial charge on any atom is 0.349 e. The van der Waals surface area contributed by atoms with Crippen LogP contribution in [0.15, 0.2) is 60.3 Å². The standard InChI is InChI=1S/C21H17NO9/c1-11(2)12-3-5-13(6-4-12)20(27)30-16(18(23)24)17(19(25)26)31-21(28)14-7-9-15(22-29)10-8-14/h3-10,16-17H,1H2,2H3,(H,23,24)(H,25,26)/t16-,17-/m1/s1. The lowest BCUT2D eigenvalue weighted by Gasteiger charge is -2.21. The molecular formula is C21H17NO9. The molecule has 0 amide bonds. The van der Waals surface area contributed by atoms with Crippen molar-refractivity contribution >= 4 is 35.1 Å². The van der Waals surface area contributed by atoms with Crippen molar-refractivity contribution in [3.8, 4) is 0 Å². The Kier molecular flexibility index (Phi) is 7.34. The van der Waals surface area contributed by atoms with E-state index in [1.807, 2.05) is 0 Å². The zero-order chi connectivity index (χ0) is 23.1. The lowest BCUT2D eigenvalue weighted by atomic mass is 10.1. The first-order valence-electron chi connectivity index (χ1n) is 8.71. The zero-order valence-electron chi connectivity index (χ0n) is 16.2. The van der Waals surface area contributed by atoms with Gasteiger partial charge in [0.1, 0.15) is 5.69 Å². The van der Waals surface area contributed by atoms with Crippen LogP contribution in [0, 0.1) is 4.91 Å². The number of allylic oxidation sites excluding steroid dienone is 1. The number of ether oxygens (including phenoxy) is 2. The molecule has 10 nitrogen and oxygen atoms in total. The van der Waals surface area contributed by atoms with Gasteiger partial charge in [-0.1, -0.05) is 24.3 Å². The monoisotopic (exact) mass is 427 g/mol. The molecule has 2 rings (SSSR count). The van der Waals surface area contributed by atoms with Gasteiger partial charge in [-0.05, 0) is 54.1 Å². The Labute approximate surface area is 175 Å². The highest BCUT2D eigenvalue weighted by molar-refractivity contribution is 5.95. The van der Waals surface area contributed by atoms with Crippen LogP contribution in [0.1, 0.15) is 33.2 Å². The summed E-state index contributed by atoms with van der Waals surface area (Å²) >= 11 is 0. The van der Waals surface area contributed by atoms with Gasteiger partial charge in [-0.2, -0.15) is 0 Å². The Balaban J connectivity index is 2.21. The third-order valence-corrected chi connectivity index (χ3v) is 4.05. The molecule has 0 aliphatic heterocycles. The van der Waals surface area contributed by atoms with Gasteiger partial charge in [0.2, 0.25) is 12.2 Å². The lowest BCUT2D eigenvalue weighted by Crippen LogP contribution is -2.45. The van der Waals surface area contributed by atoms with E-state index in [-0.39, 0.29) is 16.8 Å². The van der Waals surface area contributed by atoms with E-state index in [1.54, 1.807) is 19.1 Å². The summed E-state index contributed by atoms with van der Waals surface area (Å²) in [6, 6.07) is 10.5. The van der Waals surface area contributed by atoms with Crippen molar-refractivity contribution in [2.24, 2.45) is 5.18 Å². The van der Waals surface area contributed by atoms with Crippen LogP contribution in [0.2, 0.25) is 0 Å². The van der Waals surface area contributed by atoms with Crippen LogP contribution in [0.5, 0.6) is 0 Å². The molecule has 0 aliphatic carbocycles. The number of carbonyl (C=O) groups excluding carboxylic acids is 2. The molecule has 2 atom stereocenters. The van der Waals surface area contributed by atoms with E-state index in [9.17, 15) is 34.3 Å². The minimum absolute atomic E-state index is 0.0151. The van der Waals surface area contributed by atoms with Gasteiger partial charge in [0, 0.05) is 0 Å². The quantitative estimate of drug-likeness (QED) is 0.453. The SMILES string of the molecule is C=C(C)c1ccc(C(=O)O[C@@H](C(=O)O)[C@@H](OC(=O)c2ccc(N=O)cc2)C(=O)O)cc1. The van der Waals surface area contributed by atoms with Gasteiger partial charge in [0.05, 0.1) is 11.1 Å². The number of hydrogen-bond donors (Lipinski definition) is 2. The number of hydrogen-bond acceptors (Lipinski definition) is 8. The highest BCUT2D eigenvalue weighted by Crippen LogP contribution is 2.17. The smallest absolute Gasteiger partial charge is 0.349 e. The Morgan fingerprint density at radius 1 is 0.774 bits per heavy atom. The minimum atomic E-state index is -2.33. The summed E-state index contributed by atoms with van der Waals surface area (Å²) < 4.78 is 9.59. The van der Waals surface area contributed by atoms with Crippen molar-refractivity contribution in [2.75, 3.05) is 0 Å². The van der Waals surface area contributed by atoms with E-state index in [1.165, 1.54) is 24.3 Å². The largest absolute Gasteiger partial charge is 0.478 e. The van der Waals surface area contributed by atoms with Crippen LogP contribution >= 0.6 is 0 Å². The molecule has 0 heterocycles. The number of nitrogens with zero attached hydrogens (tertiary/aromatic N) is 1. The van der Waals surface area contributed by atoms with E-state index < -0.39 is 36.1 Å². The second-order valence-corrected chi connectivity index (χ2v) is 6.32. The van der Waals surface area contributed by atoms with Crippen molar-refractivity contribution in [3.63, 3.8) is 0 Å². The molecule has 31 heavy (non-hydrogen) atoms. The van der Waals surface area contributed by atoms with E-state index in [2.05, 4.69) is 11.8 Å². The van der Waals surface area contributed by atoms with E-state index in [0.29, 0.717) is 0 Å². The first kappa shape index (κ1) is 22.9. The Hall–Kier alpha value is -4.34. The molecule has 2 aromatic carbocycles. The summed E-state index contributed by atoms with van der Waals surface area (Å²) in [6.45, 7) is 5.50. The predicted molar refractivity (Wildman–Crippen MR) is 107 cm³/mol. The van der Waals surface area contributed by atoms with Crippen molar-refractivity contribution < 1.29 is 38.9 Å². The Morgan fingerprint density at radius 3 is 1.45 bits per heavy atom. The molecule has 0 saturated carbocycles. The second kappa shape index (κ2) is 9.92. The number of carboxylic acid groups (broad SMARTS) is 2. The van der Waals surface area contributed by atoms with E-state index in [0.717, 1.165) is 23.3 Å². The minimum Gasteiger partial charge on any atom is -0.478 e. The average molecular weight is 427 g/mol. The summed E-state index contributed by atoms with van der Waals surface area (Å²) in [5, 5.41) is 21.4. The fourth-order valence-electron chi connectivity index (χ4n) is 2.40. The fraction of sp³-hybridized carbons (Fsp3) is 0.143. The maximum absolute atomic E-state index is 12.3.